The Morgan fingerprint density at radius 1 is 1.28 bits per heavy atom. The molecule has 0 aliphatic heterocycles. The van der Waals surface area contributed by atoms with Gasteiger partial charge in [-0.25, -0.2) is 4.79 Å². The highest BCUT2D eigenvalue weighted by Gasteiger charge is 2.32. The third kappa shape index (κ3) is 9.10. The molecule has 1 fully saturated rings. The van der Waals surface area contributed by atoms with Crippen LogP contribution in [0.5, 0.6) is 5.75 Å². The second-order valence-electron chi connectivity index (χ2n) is 7.02. The predicted molar refractivity (Wildman–Crippen MR) is 128 cm³/mol. The van der Waals surface area contributed by atoms with Crippen molar-refractivity contribution in [3.8, 4) is 5.75 Å². The van der Waals surface area contributed by atoms with Crippen LogP contribution in [0.3, 0.4) is 0 Å². The van der Waals surface area contributed by atoms with E-state index in [1.54, 1.807) is 14.0 Å². The first-order valence-corrected chi connectivity index (χ1v) is 10.2. The Balaban J connectivity index is 0.00000420. The van der Waals surface area contributed by atoms with E-state index in [2.05, 4.69) is 40.0 Å². The van der Waals surface area contributed by atoms with Gasteiger partial charge in [0.25, 0.3) is 0 Å². The van der Waals surface area contributed by atoms with Gasteiger partial charge in [0, 0.05) is 13.1 Å². The molecule has 29 heavy (non-hydrogen) atoms. The van der Waals surface area contributed by atoms with Crippen LogP contribution in [0.1, 0.15) is 37.8 Å². The minimum absolute atomic E-state index is 0. The average Bonchev–Trinajstić information content (AvgIpc) is 3.50. The van der Waals surface area contributed by atoms with E-state index in [1.807, 2.05) is 13.0 Å². The number of ether oxygens (including phenoxy) is 2. The number of carbonyl (C=O) groups excluding carboxylic acids is 1. The Hall–Kier alpha value is -1.71. The Labute approximate surface area is 191 Å². The van der Waals surface area contributed by atoms with Crippen LogP contribution in [0.15, 0.2) is 23.2 Å². The van der Waals surface area contributed by atoms with Gasteiger partial charge >= 0.3 is 6.09 Å². The number of guanidine groups is 1. The molecule has 1 aromatic carbocycles. The van der Waals surface area contributed by atoms with Crippen molar-refractivity contribution in [2.45, 2.75) is 46.1 Å². The van der Waals surface area contributed by atoms with Gasteiger partial charge in [-0.05, 0) is 57.6 Å². The number of carbonyl (C=O) groups is 1. The van der Waals surface area contributed by atoms with E-state index >= 15 is 0 Å². The monoisotopic (exact) mass is 518 g/mol. The lowest BCUT2D eigenvalue weighted by Crippen LogP contribution is -2.42. The van der Waals surface area contributed by atoms with Gasteiger partial charge in [-0.2, -0.15) is 0 Å². The van der Waals surface area contributed by atoms with Crippen molar-refractivity contribution in [3.05, 3.63) is 29.3 Å². The highest BCUT2D eigenvalue weighted by molar-refractivity contribution is 14.0. The van der Waals surface area contributed by atoms with Gasteiger partial charge in [0.2, 0.25) is 0 Å². The fourth-order valence-corrected chi connectivity index (χ4v) is 3.08. The van der Waals surface area contributed by atoms with Crippen molar-refractivity contribution >= 4 is 36.0 Å². The molecular formula is C21H35IN4O3. The molecule has 0 bridgehead atoms. The summed E-state index contributed by atoms with van der Waals surface area (Å²) >= 11 is 0. The number of aliphatic imine (C=N–C) groups is 1. The molecule has 0 radical (unpaired) electrons. The standard InChI is InChI=1S/C21H34N4O3.HI/c1-5-22-20(23-12-11-17-13-15(3)7-10-19(17)27-4)24-14-18(16-8-9-16)25-21(26)28-6-2;/h7,10,13,16,18H,5-6,8-9,11-12,14H2,1-4H3,(H,25,26)(H2,22,23,24);1H. The summed E-state index contributed by atoms with van der Waals surface area (Å²) in [5.74, 6) is 2.15. The highest BCUT2D eigenvalue weighted by atomic mass is 127. The Kier molecular flexibility index (Phi) is 11.8. The number of benzene rings is 1. The second-order valence-corrected chi connectivity index (χ2v) is 7.02. The lowest BCUT2D eigenvalue weighted by Gasteiger charge is -2.18. The van der Waals surface area contributed by atoms with Crippen molar-refractivity contribution in [2.75, 3.05) is 33.4 Å². The molecule has 8 heteroatoms. The number of amides is 1. The first kappa shape index (κ1) is 25.3. The molecule has 7 nitrogen and oxygen atoms in total. The van der Waals surface area contributed by atoms with Crippen molar-refractivity contribution in [2.24, 2.45) is 10.9 Å². The first-order valence-electron chi connectivity index (χ1n) is 10.2. The van der Waals surface area contributed by atoms with Crippen LogP contribution >= 0.6 is 24.0 Å². The van der Waals surface area contributed by atoms with E-state index in [1.165, 1.54) is 11.1 Å². The maximum atomic E-state index is 11.7. The van der Waals surface area contributed by atoms with Gasteiger partial charge in [0.1, 0.15) is 5.75 Å². The third-order valence-corrected chi connectivity index (χ3v) is 4.68. The Morgan fingerprint density at radius 3 is 2.66 bits per heavy atom. The van der Waals surface area contributed by atoms with Crippen LogP contribution in [0.4, 0.5) is 4.79 Å². The molecule has 0 aromatic heterocycles. The second kappa shape index (κ2) is 13.5. The van der Waals surface area contributed by atoms with Crippen molar-refractivity contribution in [1.29, 1.82) is 0 Å². The van der Waals surface area contributed by atoms with E-state index in [4.69, 9.17) is 9.47 Å². The number of aryl methyl sites for hydroxylation is 1. The maximum absolute atomic E-state index is 11.7. The van der Waals surface area contributed by atoms with Gasteiger partial charge in [-0.15, -0.1) is 24.0 Å². The molecule has 164 valence electrons. The van der Waals surface area contributed by atoms with Crippen LogP contribution in [0, 0.1) is 12.8 Å². The zero-order chi connectivity index (χ0) is 20.4. The zero-order valence-electron chi connectivity index (χ0n) is 17.9. The van der Waals surface area contributed by atoms with E-state index in [9.17, 15) is 4.79 Å². The lowest BCUT2D eigenvalue weighted by molar-refractivity contribution is 0.147. The molecule has 2 rings (SSSR count). The maximum Gasteiger partial charge on any atom is 0.407 e. The zero-order valence-corrected chi connectivity index (χ0v) is 20.2. The van der Waals surface area contributed by atoms with E-state index < -0.39 is 0 Å². The fourth-order valence-electron chi connectivity index (χ4n) is 3.08. The largest absolute Gasteiger partial charge is 0.496 e. The summed E-state index contributed by atoms with van der Waals surface area (Å²) in [6.45, 7) is 8.35. The molecule has 1 aliphatic carbocycles. The minimum atomic E-state index is -0.362. The number of hydrogen-bond acceptors (Lipinski definition) is 4. The van der Waals surface area contributed by atoms with Crippen molar-refractivity contribution < 1.29 is 14.3 Å². The summed E-state index contributed by atoms with van der Waals surface area (Å²) in [7, 11) is 1.70. The molecule has 0 saturated heterocycles. The van der Waals surface area contributed by atoms with Gasteiger partial charge in [0.05, 0.1) is 26.3 Å². The van der Waals surface area contributed by atoms with Crippen LogP contribution < -0.4 is 20.7 Å². The topological polar surface area (TPSA) is 84.0 Å². The summed E-state index contributed by atoms with van der Waals surface area (Å²) < 4.78 is 10.5. The van der Waals surface area contributed by atoms with Crippen LogP contribution in [0.25, 0.3) is 0 Å². The van der Waals surface area contributed by atoms with Gasteiger partial charge < -0.3 is 25.4 Å². The molecule has 3 N–H and O–H groups in total. The van der Waals surface area contributed by atoms with E-state index in [-0.39, 0.29) is 36.1 Å². The SMILES string of the molecule is CCNC(=NCC(NC(=O)OCC)C1CC1)NCCc1cc(C)ccc1OC.I. The smallest absolute Gasteiger partial charge is 0.407 e. The van der Waals surface area contributed by atoms with Crippen LogP contribution in [0.2, 0.25) is 0 Å². The minimum Gasteiger partial charge on any atom is -0.496 e. The number of alkyl carbamates (subject to hydrolysis) is 1. The Bertz CT molecular complexity index is 665. The third-order valence-electron chi connectivity index (χ3n) is 4.68. The average molecular weight is 518 g/mol. The lowest BCUT2D eigenvalue weighted by atomic mass is 10.1. The molecule has 1 amide bonds. The number of hydrogen-bond donors (Lipinski definition) is 3. The summed E-state index contributed by atoms with van der Waals surface area (Å²) in [4.78, 5) is 16.4. The molecule has 1 aliphatic rings. The van der Waals surface area contributed by atoms with Crippen molar-refractivity contribution in [1.82, 2.24) is 16.0 Å². The van der Waals surface area contributed by atoms with Gasteiger partial charge in [-0.1, -0.05) is 17.7 Å². The molecule has 1 unspecified atom stereocenters. The van der Waals surface area contributed by atoms with Crippen molar-refractivity contribution in [3.63, 3.8) is 0 Å². The number of nitrogens with one attached hydrogen (secondary N) is 3. The van der Waals surface area contributed by atoms with Gasteiger partial charge in [-0.3, -0.25) is 4.99 Å². The number of rotatable bonds is 10. The molecule has 0 spiro atoms. The molecule has 1 atom stereocenters. The quantitative estimate of drug-likeness (QED) is 0.252. The molecule has 1 saturated carbocycles. The number of methoxy groups -OCH3 is 1. The summed E-state index contributed by atoms with van der Waals surface area (Å²) in [6, 6.07) is 6.23. The summed E-state index contributed by atoms with van der Waals surface area (Å²) in [6.07, 6.45) is 2.73. The molecule has 1 aromatic rings. The van der Waals surface area contributed by atoms with E-state index in [0.29, 0.717) is 19.1 Å². The van der Waals surface area contributed by atoms with Crippen LogP contribution in [-0.4, -0.2) is 51.4 Å². The summed E-state index contributed by atoms with van der Waals surface area (Å²) in [5.41, 5.74) is 2.39. The molecule has 0 heterocycles. The molecular weight excluding hydrogens is 483 g/mol. The predicted octanol–water partition coefficient (Wildman–Crippen LogP) is 3.24. The first-order chi connectivity index (χ1) is 13.6. The fraction of sp³-hybridized carbons (Fsp3) is 0.619. The van der Waals surface area contributed by atoms with Crippen LogP contribution in [-0.2, 0) is 11.2 Å². The normalized spacial score (nSPS) is 14.4. The van der Waals surface area contributed by atoms with E-state index in [0.717, 1.165) is 44.1 Å². The van der Waals surface area contributed by atoms with Gasteiger partial charge in [0.15, 0.2) is 5.96 Å². The Morgan fingerprint density at radius 2 is 2.03 bits per heavy atom. The highest BCUT2D eigenvalue weighted by Crippen LogP contribution is 2.32. The number of nitrogens with zero attached hydrogens (tertiary/aromatic N) is 1. The number of halogens is 1. The summed E-state index contributed by atoms with van der Waals surface area (Å²) in [5, 5.41) is 9.58.